The van der Waals surface area contributed by atoms with Gasteiger partial charge in [0.1, 0.15) is 11.2 Å². The van der Waals surface area contributed by atoms with E-state index in [1.165, 1.54) is 5.57 Å². The SMILES string of the molecule is CO[C@@H]1/C(=C\C(=O)N(C)C)CC[C@]2(CO2)[C@H]1C1(C)O[C@@H]1CC=C(C)C. The van der Waals surface area contributed by atoms with Gasteiger partial charge in [0, 0.05) is 27.3 Å². The van der Waals surface area contributed by atoms with E-state index in [9.17, 15) is 4.79 Å². The molecule has 0 bridgehead atoms. The molecule has 1 amide bonds. The third-order valence-corrected chi connectivity index (χ3v) is 5.93. The summed E-state index contributed by atoms with van der Waals surface area (Å²) in [6.07, 6.45) is 6.71. The molecule has 3 aliphatic rings. The number of carbonyl (C=O) groups is 1. The molecular formula is C20H31NO4. The molecule has 5 atom stereocenters. The number of amides is 1. The second kappa shape index (κ2) is 6.53. The van der Waals surface area contributed by atoms with Crippen LogP contribution in [0.15, 0.2) is 23.3 Å². The zero-order valence-electron chi connectivity index (χ0n) is 16.3. The molecule has 2 aliphatic heterocycles. The molecule has 0 radical (unpaired) electrons. The molecule has 0 aromatic carbocycles. The Morgan fingerprint density at radius 2 is 2.08 bits per heavy atom. The van der Waals surface area contributed by atoms with E-state index in [0.717, 1.165) is 31.4 Å². The number of epoxide rings is 2. The fourth-order valence-electron chi connectivity index (χ4n) is 4.28. The molecule has 2 heterocycles. The van der Waals surface area contributed by atoms with Gasteiger partial charge < -0.3 is 19.1 Å². The maximum absolute atomic E-state index is 12.2. The maximum Gasteiger partial charge on any atom is 0.246 e. The fraction of sp³-hybridized carbons (Fsp3) is 0.750. The molecular weight excluding hydrogens is 318 g/mol. The van der Waals surface area contributed by atoms with E-state index in [0.29, 0.717) is 0 Å². The van der Waals surface area contributed by atoms with Crippen LogP contribution in [0.4, 0.5) is 0 Å². The molecule has 140 valence electrons. The number of nitrogens with zero attached hydrogens (tertiary/aromatic N) is 1. The van der Waals surface area contributed by atoms with E-state index in [4.69, 9.17) is 14.2 Å². The van der Waals surface area contributed by atoms with Gasteiger partial charge in [-0.05, 0) is 45.6 Å². The fourth-order valence-corrected chi connectivity index (χ4v) is 4.28. The van der Waals surface area contributed by atoms with Crippen LogP contribution in [0.2, 0.25) is 0 Å². The van der Waals surface area contributed by atoms with Crippen molar-refractivity contribution >= 4 is 5.91 Å². The summed E-state index contributed by atoms with van der Waals surface area (Å²) in [5.41, 5.74) is 1.96. The van der Waals surface area contributed by atoms with E-state index in [1.54, 1.807) is 32.2 Å². The third kappa shape index (κ3) is 3.42. The Kier molecular flexibility index (Phi) is 4.86. The number of ether oxygens (including phenoxy) is 3. The Morgan fingerprint density at radius 1 is 1.40 bits per heavy atom. The van der Waals surface area contributed by atoms with Gasteiger partial charge in [0.05, 0.1) is 24.7 Å². The Bertz CT molecular complexity index is 601. The summed E-state index contributed by atoms with van der Waals surface area (Å²) in [7, 11) is 5.27. The molecule has 1 aliphatic carbocycles. The highest BCUT2D eigenvalue weighted by Gasteiger charge is 2.71. The van der Waals surface area contributed by atoms with Crippen LogP contribution in [0.5, 0.6) is 0 Å². The molecule has 2 saturated heterocycles. The van der Waals surface area contributed by atoms with Gasteiger partial charge in [-0.1, -0.05) is 11.6 Å². The van der Waals surface area contributed by atoms with Crippen molar-refractivity contribution in [3.63, 3.8) is 0 Å². The lowest BCUT2D eigenvalue weighted by molar-refractivity contribution is -0.123. The number of rotatable bonds is 5. The molecule has 5 nitrogen and oxygen atoms in total. The molecule has 1 unspecified atom stereocenters. The zero-order chi connectivity index (χ0) is 18.4. The van der Waals surface area contributed by atoms with E-state index in [2.05, 4.69) is 26.8 Å². The van der Waals surface area contributed by atoms with Crippen LogP contribution >= 0.6 is 0 Å². The monoisotopic (exact) mass is 349 g/mol. The molecule has 5 heteroatoms. The van der Waals surface area contributed by atoms with Gasteiger partial charge in [-0.3, -0.25) is 4.79 Å². The largest absolute Gasteiger partial charge is 0.377 e. The van der Waals surface area contributed by atoms with Crippen molar-refractivity contribution < 1.29 is 19.0 Å². The first-order chi connectivity index (χ1) is 11.7. The van der Waals surface area contributed by atoms with Crippen molar-refractivity contribution in [2.75, 3.05) is 27.8 Å². The van der Waals surface area contributed by atoms with E-state index < -0.39 is 0 Å². The first-order valence-electron chi connectivity index (χ1n) is 9.13. The van der Waals surface area contributed by atoms with Crippen LogP contribution in [0, 0.1) is 5.92 Å². The first kappa shape index (κ1) is 18.6. The lowest BCUT2D eigenvalue weighted by atomic mass is 9.67. The maximum atomic E-state index is 12.2. The minimum Gasteiger partial charge on any atom is -0.377 e. The molecule has 1 saturated carbocycles. The number of allylic oxidation sites excluding steroid dienone is 1. The van der Waals surface area contributed by atoms with Crippen molar-refractivity contribution in [2.45, 2.75) is 63.4 Å². The normalized spacial score (nSPS) is 40.9. The van der Waals surface area contributed by atoms with Crippen molar-refractivity contribution in [1.82, 2.24) is 4.90 Å². The van der Waals surface area contributed by atoms with Crippen LogP contribution in [0.3, 0.4) is 0 Å². The Balaban J connectivity index is 1.85. The summed E-state index contributed by atoms with van der Waals surface area (Å²) in [5.74, 6) is 0.127. The molecule has 0 aromatic heterocycles. The summed E-state index contributed by atoms with van der Waals surface area (Å²) < 4.78 is 18.0. The van der Waals surface area contributed by atoms with Gasteiger partial charge in [-0.15, -0.1) is 0 Å². The van der Waals surface area contributed by atoms with Crippen LogP contribution in [-0.4, -0.2) is 62.0 Å². The lowest BCUT2D eigenvalue weighted by Gasteiger charge is -2.40. The van der Waals surface area contributed by atoms with E-state index >= 15 is 0 Å². The third-order valence-electron chi connectivity index (χ3n) is 5.93. The molecule has 25 heavy (non-hydrogen) atoms. The molecule has 1 spiro atoms. The minimum atomic E-state index is -0.260. The van der Waals surface area contributed by atoms with Gasteiger partial charge in [-0.25, -0.2) is 0 Å². The van der Waals surface area contributed by atoms with Crippen molar-refractivity contribution in [3.8, 4) is 0 Å². The average Bonchev–Trinajstić information content (AvgIpc) is 3.45. The second-order valence-electron chi connectivity index (χ2n) is 8.25. The molecule has 0 N–H and O–H groups in total. The first-order valence-corrected chi connectivity index (χ1v) is 9.13. The van der Waals surface area contributed by atoms with Crippen molar-refractivity contribution in [1.29, 1.82) is 0 Å². The molecule has 3 rings (SSSR count). The topological polar surface area (TPSA) is 54.6 Å². The number of hydrogen-bond acceptors (Lipinski definition) is 4. The predicted molar refractivity (Wildman–Crippen MR) is 96.3 cm³/mol. The standard InChI is InChI=1S/C20H31NO4/c1-13(2)7-8-15-19(3,25-15)18-17(23-6)14(11-16(22)21(4)5)9-10-20(18)12-24-20/h7,11,15,17-18H,8-10,12H2,1-6H3/b14-11-/t15-,17-,18-,19?,20+/m1/s1. The summed E-state index contributed by atoms with van der Waals surface area (Å²) in [5, 5.41) is 0. The highest BCUT2D eigenvalue weighted by molar-refractivity contribution is 5.88. The number of methoxy groups -OCH3 is 1. The Morgan fingerprint density at radius 3 is 2.60 bits per heavy atom. The van der Waals surface area contributed by atoms with Gasteiger partial charge in [0.2, 0.25) is 5.91 Å². The quantitative estimate of drug-likeness (QED) is 0.435. The van der Waals surface area contributed by atoms with Gasteiger partial charge in [0.15, 0.2) is 0 Å². The Labute approximate surface area is 151 Å². The van der Waals surface area contributed by atoms with Crippen LogP contribution in [0.25, 0.3) is 0 Å². The van der Waals surface area contributed by atoms with E-state index in [-0.39, 0.29) is 35.2 Å². The number of likely N-dealkylation sites (N-methyl/N-ethyl adjacent to an activating group) is 1. The van der Waals surface area contributed by atoms with Gasteiger partial charge in [0.25, 0.3) is 0 Å². The zero-order valence-corrected chi connectivity index (χ0v) is 16.3. The summed E-state index contributed by atoms with van der Waals surface area (Å²) in [4.78, 5) is 13.8. The highest BCUT2D eigenvalue weighted by Crippen LogP contribution is 2.60. The number of hydrogen-bond donors (Lipinski definition) is 0. The number of carbonyl (C=O) groups excluding carboxylic acids is 1. The molecule has 0 aromatic rings. The minimum absolute atomic E-state index is 0.00595. The predicted octanol–water partition coefficient (Wildman–Crippen LogP) is 2.71. The van der Waals surface area contributed by atoms with Crippen LogP contribution < -0.4 is 0 Å². The lowest BCUT2D eigenvalue weighted by Crippen LogP contribution is -2.50. The average molecular weight is 349 g/mol. The summed E-state index contributed by atoms with van der Waals surface area (Å²) in [6, 6.07) is 0. The van der Waals surface area contributed by atoms with Crippen molar-refractivity contribution in [2.24, 2.45) is 5.92 Å². The van der Waals surface area contributed by atoms with E-state index in [1.807, 2.05) is 0 Å². The molecule has 3 fully saturated rings. The van der Waals surface area contributed by atoms with Crippen LogP contribution in [0.1, 0.15) is 40.0 Å². The summed E-state index contributed by atoms with van der Waals surface area (Å²) in [6.45, 7) is 7.16. The smallest absolute Gasteiger partial charge is 0.246 e. The highest BCUT2D eigenvalue weighted by atomic mass is 16.6. The van der Waals surface area contributed by atoms with Crippen molar-refractivity contribution in [3.05, 3.63) is 23.3 Å². The van der Waals surface area contributed by atoms with Gasteiger partial charge in [-0.2, -0.15) is 0 Å². The Hall–Kier alpha value is -1.17. The second-order valence-corrected chi connectivity index (χ2v) is 8.25. The summed E-state index contributed by atoms with van der Waals surface area (Å²) >= 11 is 0. The van der Waals surface area contributed by atoms with Crippen LogP contribution in [-0.2, 0) is 19.0 Å². The van der Waals surface area contributed by atoms with Gasteiger partial charge >= 0.3 is 0 Å².